The zero-order valence-corrected chi connectivity index (χ0v) is 72.0. The van der Waals surface area contributed by atoms with Crippen molar-refractivity contribution >= 4 is 113 Å². The van der Waals surface area contributed by atoms with Gasteiger partial charge in [0.15, 0.2) is 31.1 Å². The van der Waals surface area contributed by atoms with E-state index in [0.29, 0.717) is 17.2 Å². The molecule has 0 saturated carbocycles. The van der Waals surface area contributed by atoms with Crippen LogP contribution in [-0.2, 0) is 37.3 Å². The number of phenolic OH excluding ortho intramolecular Hbond substituents is 1. The van der Waals surface area contributed by atoms with E-state index in [1.54, 1.807) is 12.1 Å². The number of halogens is 9. The Labute approximate surface area is 681 Å². The predicted molar refractivity (Wildman–Crippen MR) is 406 cm³/mol. The molecule has 1 aliphatic heterocycles. The second-order valence-corrected chi connectivity index (χ2v) is 38.8. The predicted octanol–water partition coefficient (Wildman–Crippen LogP) is 13.5. The number of rotatable bonds is 11. The summed E-state index contributed by atoms with van der Waals surface area (Å²) in [5.74, 6) is 0.272. The summed E-state index contributed by atoms with van der Waals surface area (Å²) in [7, 11) is -3.00. The Morgan fingerprint density at radius 2 is 0.780 bits per heavy atom. The molecule has 0 unspecified atom stereocenters. The normalized spacial score (nSPS) is 11.2. The molecule has 21 heteroatoms. The van der Waals surface area contributed by atoms with Gasteiger partial charge in [-0.2, -0.15) is 17.1 Å². The smallest absolute Gasteiger partial charge is 1.00 e. The average Bonchev–Trinajstić information content (AvgIpc) is 0.927. The Morgan fingerprint density at radius 3 is 1.12 bits per heavy atom. The van der Waals surface area contributed by atoms with Crippen molar-refractivity contribution in [2.24, 2.45) is 0 Å². The van der Waals surface area contributed by atoms with Crippen molar-refractivity contribution in [1.82, 2.24) is 0 Å². The van der Waals surface area contributed by atoms with Crippen molar-refractivity contribution in [3.8, 4) is 23.0 Å². The molecule has 530 valence electrons. The first-order valence-electron chi connectivity index (χ1n) is 30.9. The number of aromatic hydroxyl groups is 1. The Bertz CT molecular complexity index is 3750. The third-order valence-corrected chi connectivity index (χ3v) is 18.4. The molecule has 0 aliphatic carbocycles. The SMILES string of the molecule is C1CCOC1.CC(C)(C)Oc1[c-]ccc(F)c1.CC(C)(C)Oc1cc(F)ccc1Br.CC(C)(C)Oc1cc(F)ccc1[S+](c1ccccc1)c1ccccc1.C[Si](C)(C)Cl.O=S(c1ccccc1)c1ccccc1.Oc1cc(F)ccc1[S+](c1ccccc1)c1ccccc1.[Br-].[Br-].[Br-].[H-].[H-].[Mg+2].[Mg+2]. The van der Waals surface area contributed by atoms with Crippen molar-refractivity contribution in [1.29, 1.82) is 0 Å². The van der Waals surface area contributed by atoms with Gasteiger partial charge in [0, 0.05) is 64.9 Å². The van der Waals surface area contributed by atoms with Crippen LogP contribution in [0.4, 0.5) is 17.6 Å². The molecule has 0 radical (unpaired) electrons. The zero-order chi connectivity index (χ0) is 69.6. The summed E-state index contributed by atoms with van der Waals surface area (Å²) in [5.41, 5.74) is -1.01. The van der Waals surface area contributed by atoms with E-state index in [-0.39, 0.29) is 145 Å². The van der Waals surface area contributed by atoms with E-state index in [2.05, 4.69) is 65.9 Å². The Morgan fingerprint density at radius 1 is 0.470 bits per heavy atom. The summed E-state index contributed by atoms with van der Waals surface area (Å²) in [6.07, 6.45) is 2.56. The molecule has 0 spiro atoms. The monoisotopic (exact) mass is 1730 g/mol. The molecule has 100 heavy (non-hydrogen) atoms. The van der Waals surface area contributed by atoms with E-state index in [4.69, 9.17) is 30.0 Å². The third-order valence-electron chi connectivity index (χ3n) is 11.8. The van der Waals surface area contributed by atoms with Gasteiger partial charge in [-0.3, -0.25) is 0 Å². The van der Waals surface area contributed by atoms with Crippen LogP contribution in [0.2, 0.25) is 19.6 Å². The minimum atomic E-state index is -1.14. The van der Waals surface area contributed by atoms with Crippen LogP contribution in [0.3, 0.4) is 0 Å². The maximum absolute atomic E-state index is 13.9. The maximum Gasteiger partial charge on any atom is 2.00 e. The van der Waals surface area contributed by atoms with Crippen LogP contribution in [0, 0.1) is 29.3 Å². The summed E-state index contributed by atoms with van der Waals surface area (Å²) < 4.78 is 87.3. The summed E-state index contributed by atoms with van der Waals surface area (Å²) in [5, 5.41) is 10.2. The molecule has 0 bridgehead atoms. The van der Waals surface area contributed by atoms with E-state index in [9.17, 15) is 26.9 Å². The van der Waals surface area contributed by atoms with E-state index in [1.165, 1.54) is 77.2 Å². The van der Waals surface area contributed by atoms with Crippen molar-refractivity contribution in [3.05, 3.63) is 289 Å². The van der Waals surface area contributed by atoms with Crippen molar-refractivity contribution in [2.75, 3.05) is 13.2 Å². The molecule has 10 aromatic carbocycles. The zero-order valence-electron chi connectivity index (χ0n) is 60.6. The molecule has 1 heterocycles. The van der Waals surface area contributed by atoms with Gasteiger partial charge >= 0.3 is 46.1 Å². The summed E-state index contributed by atoms with van der Waals surface area (Å²) in [6.45, 7) is 25.7. The largest absolute Gasteiger partial charge is 2.00 e. The van der Waals surface area contributed by atoms with Crippen LogP contribution in [-0.4, -0.2) is 92.8 Å². The van der Waals surface area contributed by atoms with Gasteiger partial charge in [0.2, 0.25) is 9.79 Å². The van der Waals surface area contributed by atoms with E-state index < -0.39 is 40.5 Å². The van der Waals surface area contributed by atoms with Gasteiger partial charge in [-0.1, -0.05) is 135 Å². The van der Waals surface area contributed by atoms with E-state index in [1.807, 2.05) is 226 Å². The minimum Gasteiger partial charge on any atom is -1.00 e. The molecule has 0 aromatic heterocycles. The van der Waals surface area contributed by atoms with Crippen LogP contribution in [0.25, 0.3) is 0 Å². The third kappa shape index (κ3) is 38.6. The second kappa shape index (κ2) is 48.8. The van der Waals surface area contributed by atoms with Gasteiger partial charge in [0.05, 0.1) is 20.9 Å². The quantitative estimate of drug-likeness (QED) is 0.0457. The molecular formula is C79H89Br4ClF4Mg2O6S3Si. The topological polar surface area (TPSA) is 74.2 Å². The second-order valence-electron chi connectivity index (χ2n) is 24.9. The molecule has 10 aromatic rings. The minimum absolute atomic E-state index is 0. The standard InChI is InChI=1S/C22H22FOS.C18H13FOS.C12H10OS.C10H12BrFO.C10H12FO.C4H8O.C3H9ClSi.3BrH.2Mg.2H/c1-22(2,3)24-20-16-17(23)14-15-21(20)25(18-10-6-4-7-11-18)19-12-8-5-9-13-19;19-14-11-12-18(17(20)13-14)21(15-7-3-1-4-8-15)16-9-5-2-6-10-16;13-14(11-7-3-1-4-8-11)12-9-5-2-6-10-12;1-10(2,3)13-9-6-7(12)4-5-8(9)11;1-10(2,3)12-9-6-4-5-8(11)7-9;1-2-4-5-3-1;1-5(2,3)4;;;;;;;/h4-16H,1-3H3;1-13H;1-10H;4-6H,1-3H3;4-5,7H,1-3H3;1-4H2;1-3H3;3*1H;;;;/q+1;;;;-1;;;;;;2*+2;2*-1/p-2. The van der Waals surface area contributed by atoms with Gasteiger partial charge < -0.3 is 77.9 Å². The van der Waals surface area contributed by atoms with Gasteiger partial charge in [-0.05, 0) is 188 Å². The van der Waals surface area contributed by atoms with Gasteiger partial charge in [-0.25, -0.2) is 21.8 Å². The molecule has 0 atom stereocenters. The van der Waals surface area contributed by atoms with Crippen molar-refractivity contribution in [3.63, 3.8) is 0 Å². The molecular weight excluding hydrogens is 1650 g/mol. The van der Waals surface area contributed by atoms with Crippen molar-refractivity contribution in [2.45, 2.75) is 151 Å². The fraction of sp³-hybridized carbons (Fsp3) is 0.241. The van der Waals surface area contributed by atoms with Crippen LogP contribution in [0.1, 0.15) is 78.0 Å². The molecule has 1 fully saturated rings. The number of phenols is 1. The fourth-order valence-electron chi connectivity index (χ4n) is 8.16. The van der Waals surface area contributed by atoms with Crippen LogP contribution in [0.15, 0.2) is 298 Å². The first-order chi connectivity index (χ1) is 44.9. The van der Waals surface area contributed by atoms with Crippen LogP contribution >= 0.6 is 27.0 Å². The van der Waals surface area contributed by atoms with E-state index in [0.717, 1.165) is 47.1 Å². The number of benzene rings is 10. The molecule has 1 aliphatic rings. The summed E-state index contributed by atoms with van der Waals surface area (Å²) in [6, 6.07) is 79.9. The first-order valence-corrected chi connectivity index (χ1v) is 39.8. The average molecular weight is 1740 g/mol. The molecule has 1 saturated heterocycles. The van der Waals surface area contributed by atoms with Gasteiger partial charge in [-0.15, -0.1) is 12.1 Å². The Balaban J connectivity index is -0.00000117. The fourth-order valence-corrected chi connectivity index (χ4v) is 13.8. The molecule has 0 amide bonds. The summed E-state index contributed by atoms with van der Waals surface area (Å²) in [4.78, 5) is 7.95. The van der Waals surface area contributed by atoms with E-state index >= 15 is 0 Å². The van der Waals surface area contributed by atoms with Crippen LogP contribution < -0.4 is 65.2 Å². The van der Waals surface area contributed by atoms with Crippen molar-refractivity contribution < 1.29 is 99.6 Å². The first kappa shape index (κ1) is 95.9. The molecule has 6 nitrogen and oxygen atoms in total. The number of hydrogen-bond acceptors (Lipinski definition) is 6. The molecule has 1 N–H and O–H groups in total. The number of ether oxygens (including phenoxy) is 4. The van der Waals surface area contributed by atoms with Crippen LogP contribution in [0.5, 0.6) is 23.0 Å². The molecule has 11 rings (SSSR count). The van der Waals surface area contributed by atoms with Gasteiger partial charge in [0.1, 0.15) is 63.6 Å². The Kier molecular flexibility index (Phi) is 46.8. The van der Waals surface area contributed by atoms with Gasteiger partial charge in [0.25, 0.3) is 0 Å². The Hall–Kier alpha value is -4.11. The summed E-state index contributed by atoms with van der Waals surface area (Å²) >= 11 is 8.96. The number of hydrogen-bond donors (Lipinski definition) is 1. The maximum atomic E-state index is 13.9.